The second kappa shape index (κ2) is 10.7. The molecule has 0 amide bonds. The Bertz CT molecular complexity index is 647. The molecular weight excluding hydrogens is 313 g/mol. The van der Waals surface area contributed by atoms with Gasteiger partial charge in [0.1, 0.15) is 11.6 Å². The maximum atomic E-state index is 13.0. The molecule has 2 aromatic carbocycles. The van der Waals surface area contributed by atoms with Crippen LogP contribution in [0.3, 0.4) is 0 Å². The van der Waals surface area contributed by atoms with Crippen LogP contribution in [0.15, 0.2) is 48.5 Å². The minimum Gasteiger partial charge on any atom is -0.493 e. The normalized spacial score (nSPS) is 11.4. The molecule has 0 heterocycles. The van der Waals surface area contributed by atoms with Crippen LogP contribution in [-0.2, 0) is 0 Å². The van der Waals surface area contributed by atoms with E-state index in [0.29, 0.717) is 0 Å². The second-order valence-electron chi connectivity index (χ2n) is 6.01. The maximum Gasteiger partial charge on any atom is 0.126 e. The molecule has 0 atom stereocenters. The largest absolute Gasteiger partial charge is 0.493 e. The van der Waals surface area contributed by atoms with Crippen molar-refractivity contribution in [2.75, 3.05) is 26.2 Å². The van der Waals surface area contributed by atoms with Gasteiger partial charge in [0, 0.05) is 5.56 Å². The predicted molar refractivity (Wildman–Crippen MR) is 104 cm³/mol. The van der Waals surface area contributed by atoms with E-state index in [9.17, 15) is 4.39 Å². The topological polar surface area (TPSA) is 12.5 Å². The number of para-hydroxylation sites is 1. The summed E-state index contributed by atoms with van der Waals surface area (Å²) < 4.78 is 18.9. The van der Waals surface area contributed by atoms with Crippen LogP contribution in [0.5, 0.6) is 5.75 Å². The lowest BCUT2D eigenvalue weighted by Crippen LogP contribution is -2.24. The van der Waals surface area contributed by atoms with Gasteiger partial charge >= 0.3 is 0 Å². The van der Waals surface area contributed by atoms with Crippen LogP contribution >= 0.6 is 0 Å². The number of halogens is 1. The van der Waals surface area contributed by atoms with Gasteiger partial charge in [0.2, 0.25) is 0 Å². The lowest BCUT2D eigenvalue weighted by atomic mass is 10.1. The third kappa shape index (κ3) is 6.71. The summed E-state index contributed by atoms with van der Waals surface area (Å²) in [5.74, 6) is 0.675. The highest BCUT2D eigenvalue weighted by Gasteiger charge is 2.01. The number of hydrogen-bond donors (Lipinski definition) is 0. The van der Waals surface area contributed by atoms with Crippen molar-refractivity contribution in [3.63, 3.8) is 0 Å². The lowest BCUT2D eigenvalue weighted by Gasteiger charge is -2.17. The molecule has 0 aromatic heterocycles. The van der Waals surface area contributed by atoms with Gasteiger partial charge in [0.05, 0.1) is 6.61 Å². The lowest BCUT2D eigenvalue weighted by molar-refractivity contribution is 0.266. The van der Waals surface area contributed by atoms with Gasteiger partial charge < -0.3 is 9.64 Å². The first kappa shape index (κ1) is 19.2. The van der Waals surface area contributed by atoms with Crippen molar-refractivity contribution in [3.8, 4) is 5.75 Å². The number of rotatable bonds is 10. The number of benzene rings is 2. The van der Waals surface area contributed by atoms with Crippen LogP contribution in [0.1, 0.15) is 37.8 Å². The molecule has 2 aromatic rings. The molecule has 25 heavy (non-hydrogen) atoms. The van der Waals surface area contributed by atoms with Crippen molar-refractivity contribution in [2.45, 2.75) is 26.7 Å². The third-order valence-corrected chi connectivity index (χ3v) is 4.27. The molecule has 0 saturated carbocycles. The van der Waals surface area contributed by atoms with Crippen molar-refractivity contribution >= 4 is 12.2 Å². The summed E-state index contributed by atoms with van der Waals surface area (Å²) in [5.41, 5.74) is 2.01. The van der Waals surface area contributed by atoms with E-state index in [-0.39, 0.29) is 5.82 Å². The maximum absolute atomic E-state index is 13.0. The van der Waals surface area contributed by atoms with E-state index >= 15 is 0 Å². The molecular formula is C22H28FNO. The Morgan fingerprint density at radius 3 is 2.36 bits per heavy atom. The Balaban J connectivity index is 1.86. The Morgan fingerprint density at radius 1 is 0.920 bits per heavy atom. The van der Waals surface area contributed by atoms with Crippen LogP contribution in [0.4, 0.5) is 4.39 Å². The first-order valence-corrected chi connectivity index (χ1v) is 9.10. The summed E-state index contributed by atoms with van der Waals surface area (Å²) in [4.78, 5) is 2.43. The van der Waals surface area contributed by atoms with Crippen LogP contribution in [0.2, 0.25) is 0 Å². The molecule has 134 valence electrons. The zero-order valence-corrected chi connectivity index (χ0v) is 15.2. The standard InChI is InChI=1S/C22H28FNO/c1-3-24(4-2)17-7-8-18-25-22-10-6-5-9-20(22)14-11-19-12-15-21(23)16-13-19/h5-6,9-16H,3-4,7-8,17-18H2,1-2H3. The first-order chi connectivity index (χ1) is 12.2. The van der Waals surface area contributed by atoms with Crippen molar-refractivity contribution in [1.29, 1.82) is 0 Å². The highest BCUT2D eigenvalue weighted by atomic mass is 19.1. The van der Waals surface area contributed by atoms with E-state index < -0.39 is 0 Å². The van der Waals surface area contributed by atoms with Gasteiger partial charge in [-0.2, -0.15) is 0 Å². The van der Waals surface area contributed by atoms with Crippen molar-refractivity contribution in [1.82, 2.24) is 4.90 Å². The Hall–Kier alpha value is -2.13. The smallest absolute Gasteiger partial charge is 0.126 e. The minimum atomic E-state index is -0.217. The van der Waals surface area contributed by atoms with Gasteiger partial charge in [-0.1, -0.05) is 56.3 Å². The van der Waals surface area contributed by atoms with E-state index in [1.165, 1.54) is 12.1 Å². The van der Waals surface area contributed by atoms with Crippen LogP contribution in [0.25, 0.3) is 12.2 Å². The summed E-state index contributed by atoms with van der Waals surface area (Å²) in [5, 5.41) is 0. The second-order valence-corrected chi connectivity index (χ2v) is 6.01. The molecule has 0 N–H and O–H groups in total. The van der Waals surface area contributed by atoms with Crippen molar-refractivity contribution < 1.29 is 9.13 Å². The number of unbranched alkanes of at least 4 members (excludes halogenated alkanes) is 1. The fraction of sp³-hybridized carbons (Fsp3) is 0.364. The van der Waals surface area contributed by atoms with Gasteiger partial charge in [-0.3, -0.25) is 0 Å². The molecule has 0 fully saturated rings. The van der Waals surface area contributed by atoms with Crippen molar-refractivity contribution in [3.05, 3.63) is 65.5 Å². The van der Waals surface area contributed by atoms with E-state index in [4.69, 9.17) is 4.74 Å². The molecule has 0 unspecified atom stereocenters. The molecule has 2 rings (SSSR count). The quantitative estimate of drug-likeness (QED) is 0.418. The van der Waals surface area contributed by atoms with Crippen LogP contribution in [-0.4, -0.2) is 31.1 Å². The third-order valence-electron chi connectivity index (χ3n) is 4.27. The predicted octanol–water partition coefficient (Wildman–Crippen LogP) is 5.50. The molecule has 3 heteroatoms. The van der Waals surface area contributed by atoms with Gasteiger partial charge in [0.25, 0.3) is 0 Å². The Labute approximate surface area is 150 Å². The van der Waals surface area contributed by atoms with E-state index in [0.717, 1.165) is 56.0 Å². The Morgan fingerprint density at radius 2 is 1.64 bits per heavy atom. The summed E-state index contributed by atoms with van der Waals surface area (Å²) >= 11 is 0. The molecule has 2 nitrogen and oxygen atoms in total. The van der Waals surface area contributed by atoms with Crippen LogP contribution < -0.4 is 4.74 Å². The number of nitrogens with zero attached hydrogens (tertiary/aromatic N) is 1. The summed E-state index contributed by atoms with van der Waals surface area (Å²) in [6.07, 6.45) is 6.18. The molecule has 0 saturated heterocycles. The summed E-state index contributed by atoms with van der Waals surface area (Å²) in [6, 6.07) is 14.5. The molecule has 0 bridgehead atoms. The molecule has 0 radical (unpaired) electrons. The fourth-order valence-electron chi connectivity index (χ4n) is 2.67. The molecule has 0 aliphatic heterocycles. The first-order valence-electron chi connectivity index (χ1n) is 9.10. The van der Waals surface area contributed by atoms with E-state index in [2.05, 4.69) is 18.7 Å². The summed E-state index contributed by atoms with van der Waals surface area (Å²) in [7, 11) is 0. The van der Waals surface area contributed by atoms with Crippen molar-refractivity contribution in [2.24, 2.45) is 0 Å². The number of hydrogen-bond acceptors (Lipinski definition) is 2. The van der Waals surface area contributed by atoms with Gasteiger partial charge in [-0.05, 0) is 56.2 Å². The van der Waals surface area contributed by atoms with Gasteiger partial charge in [-0.15, -0.1) is 0 Å². The summed E-state index contributed by atoms with van der Waals surface area (Å²) in [6.45, 7) is 8.46. The van der Waals surface area contributed by atoms with E-state index in [1.807, 2.05) is 36.4 Å². The highest BCUT2D eigenvalue weighted by molar-refractivity contribution is 5.72. The average Bonchev–Trinajstić information content (AvgIpc) is 2.65. The molecule has 0 aliphatic carbocycles. The minimum absolute atomic E-state index is 0.217. The zero-order chi connectivity index (χ0) is 17.9. The van der Waals surface area contributed by atoms with Gasteiger partial charge in [0.15, 0.2) is 0 Å². The average molecular weight is 341 g/mol. The number of ether oxygens (including phenoxy) is 1. The fourth-order valence-corrected chi connectivity index (χ4v) is 2.67. The molecule has 0 spiro atoms. The highest BCUT2D eigenvalue weighted by Crippen LogP contribution is 2.21. The zero-order valence-electron chi connectivity index (χ0n) is 15.2. The van der Waals surface area contributed by atoms with Gasteiger partial charge in [-0.25, -0.2) is 4.39 Å². The SMILES string of the molecule is CCN(CC)CCCCOc1ccccc1C=Cc1ccc(F)cc1. The van der Waals surface area contributed by atoms with Crippen LogP contribution in [0, 0.1) is 5.82 Å². The Kier molecular flexibility index (Phi) is 8.20. The monoisotopic (exact) mass is 341 g/mol. The van der Waals surface area contributed by atoms with E-state index in [1.54, 1.807) is 12.1 Å². The molecule has 0 aliphatic rings.